The molecule has 0 saturated heterocycles. The fourth-order valence-corrected chi connectivity index (χ4v) is 4.34. The third-order valence-electron chi connectivity index (χ3n) is 3.84. The van der Waals surface area contributed by atoms with Crippen LogP contribution < -0.4 is 0 Å². The number of hydrogen-bond acceptors (Lipinski definition) is 2. The molecule has 1 aromatic carbocycles. The van der Waals surface area contributed by atoms with Crippen LogP contribution >= 0.6 is 0 Å². The molecule has 1 aromatic rings. The molecule has 1 saturated carbocycles. The number of hydrogen-bond donors (Lipinski definition) is 0. The molecule has 0 heterocycles. The van der Waals surface area contributed by atoms with Gasteiger partial charge in [0.2, 0.25) is 0 Å². The van der Waals surface area contributed by atoms with Crippen LogP contribution in [0.2, 0.25) is 0 Å². The van der Waals surface area contributed by atoms with Crippen molar-refractivity contribution in [1.29, 1.82) is 0 Å². The zero-order valence-corrected chi connectivity index (χ0v) is 12.0. The Balaban J connectivity index is 2.13. The van der Waals surface area contributed by atoms with Crippen molar-refractivity contribution in [2.24, 2.45) is 5.92 Å². The minimum Gasteiger partial charge on any atom is -0.224 e. The van der Waals surface area contributed by atoms with E-state index in [0.717, 1.165) is 12.8 Å². The van der Waals surface area contributed by atoms with Gasteiger partial charge in [0.05, 0.1) is 10.6 Å². The zero-order valence-electron chi connectivity index (χ0n) is 11.2. The van der Waals surface area contributed by atoms with Crippen molar-refractivity contribution in [3.63, 3.8) is 0 Å². The zero-order chi connectivity index (χ0) is 13.2. The summed E-state index contributed by atoms with van der Waals surface area (Å²) < 4.78 is 24.5. The van der Waals surface area contributed by atoms with Gasteiger partial charge in [0.15, 0.2) is 9.84 Å². The van der Waals surface area contributed by atoms with Crippen molar-refractivity contribution in [1.82, 2.24) is 0 Å². The van der Waals surface area contributed by atoms with Gasteiger partial charge in [-0.05, 0) is 42.4 Å². The predicted octanol–water partition coefficient (Wildman–Crippen LogP) is 3.77. The molecule has 1 aliphatic carbocycles. The van der Waals surface area contributed by atoms with Crippen LogP contribution in [0, 0.1) is 5.92 Å². The van der Waals surface area contributed by atoms with Crippen LogP contribution in [0.15, 0.2) is 29.2 Å². The van der Waals surface area contributed by atoms with E-state index in [2.05, 4.69) is 13.8 Å². The molecule has 0 bridgehead atoms. The highest BCUT2D eigenvalue weighted by Crippen LogP contribution is 2.28. The molecule has 0 atom stereocenters. The van der Waals surface area contributed by atoms with E-state index in [1.165, 1.54) is 18.4 Å². The monoisotopic (exact) mass is 266 g/mol. The average Bonchev–Trinajstić information content (AvgIpc) is 2.81. The van der Waals surface area contributed by atoms with Gasteiger partial charge >= 0.3 is 0 Å². The van der Waals surface area contributed by atoms with Crippen LogP contribution in [0.5, 0.6) is 0 Å². The lowest BCUT2D eigenvalue weighted by molar-refractivity contribution is 0.559. The summed E-state index contributed by atoms with van der Waals surface area (Å²) in [7, 11) is -3.09. The summed E-state index contributed by atoms with van der Waals surface area (Å²) in [6.45, 7) is 4.23. The molecule has 0 aliphatic heterocycles. The van der Waals surface area contributed by atoms with Crippen LogP contribution in [0.1, 0.15) is 51.0 Å². The Morgan fingerprint density at radius 2 is 1.67 bits per heavy atom. The van der Waals surface area contributed by atoms with E-state index in [1.807, 2.05) is 12.1 Å². The lowest BCUT2D eigenvalue weighted by atomic mass is 10.0. The van der Waals surface area contributed by atoms with Gasteiger partial charge in [-0.3, -0.25) is 0 Å². The fourth-order valence-electron chi connectivity index (χ4n) is 2.64. The molecule has 0 amide bonds. The summed E-state index contributed by atoms with van der Waals surface area (Å²) in [5.41, 5.74) is 1.19. The lowest BCUT2D eigenvalue weighted by Crippen LogP contribution is -2.14. The molecule has 100 valence electrons. The van der Waals surface area contributed by atoms with Crippen molar-refractivity contribution >= 4 is 9.84 Å². The van der Waals surface area contributed by atoms with Crippen molar-refractivity contribution in [2.45, 2.75) is 50.3 Å². The Kier molecular flexibility index (Phi) is 4.10. The van der Waals surface area contributed by atoms with Crippen LogP contribution in [-0.4, -0.2) is 14.2 Å². The van der Waals surface area contributed by atoms with Gasteiger partial charge in [0, 0.05) is 0 Å². The molecule has 0 unspecified atom stereocenters. The second-order valence-corrected chi connectivity index (χ2v) is 7.69. The molecule has 0 spiro atoms. The van der Waals surface area contributed by atoms with Gasteiger partial charge < -0.3 is 0 Å². The fraction of sp³-hybridized carbons (Fsp3) is 0.600. The molecule has 3 heteroatoms. The van der Waals surface area contributed by atoms with E-state index in [-0.39, 0.29) is 0 Å². The Hall–Kier alpha value is -0.830. The lowest BCUT2D eigenvalue weighted by Gasteiger charge is -2.11. The second-order valence-electron chi connectivity index (χ2n) is 5.66. The first-order valence-electron chi connectivity index (χ1n) is 6.82. The summed E-state index contributed by atoms with van der Waals surface area (Å²) in [4.78, 5) is 0.485. The third kappa shape index (κ3) is 3.14. The SMILES string of the molecule is CC(C)c1ccc(S(=O)(=O)CC2CCCC2)cc1. The molecule has 0 aromatic heterocycles. The number of benzene rings is 1. The first kappa shape index (κ1) is 13.6. The standard InChI is InChI=1S/C15H22O2S/c1-12(2)14-7-9-15(10-8-14)18(16,17)11-13-5-3-4-6-13/h7-10,12-13H,3-6,11H2,1-2H3. The second kappa shape index (κ2) is 5.43. The summed E-state index contributed by atoms with van der Waals surface area (Å²) >= 11 is 0. The predicted molar refractivity (Wildman–Crippen MR) is 74.5 cm³/mol. The van der Waals surface area contributed by atoms with Gasteiger partial charge in [-0.1, -0.05) is 38.8 Å². The van der Waals surface area contributed by atoms with E-state index in [4.69, 9.17) is 0 Å². The van der Waals surface area contributed by atoms with Crippen molar-refractivity contribution < 1.29 is 8.42 Å². The Morgan fingerprint density at radius 3 is 2.17 bits per heavy atom. The largest absolute Gasteiger partial charge is 0.224 e. The Bertz CT molecular complexity index is 480. The molecule has 2 rings (SSSR count). The summed E-state index contributed by atoms with van der Waals surface area (Å²) in [6, 6.07) is 7.40. The smallest absolute Gasteiger partial charge is 0.178 e. The topological polar surface area (TPSA) is 34.1 Å². The molecule has 1 fully saturated rings. The summed E-state index contributed by atoms with van der Waals surface area (Å²) in [6.07, 6.45) is 4.52. The van der Waals surface area contributed by atoms with Crippen molar-refractivity contribution in [3.8, 4) is 0 Å². The highest BCUT2D eigenvalue weighted by atomic mass is 32.2. The van der Waals surface area contributed by atoms with E-state index in [9.17, 15) is 8.42 Å². The van der Waals surface area contributed by atoms with Gasteiger partial charge in [-0.15, -0.1) is 0 Å². The minimum atomic E-state index is -3.09. The molecule has 0 radical (unpaired) electrons. The molecule has 1 aliphatic rings. The minimum absolute atomic E-state index is 0.327. The van der Waals surface area contributed by atoms with E-state index < -0.39 is 9.84 Å². The van der Waals surface area contributed by atoms with Crippen LogP contribution in [0.3, 0.4) is 0 Å². The van der Waals surface area contributed by atoms with Gasteiger partial charge in [-0.25, -0.2) is 8.42 Å². The number of sulfone groups is 1. The third-order valence-corrected chi connectivity index (χ3v) is 5.74. The first-order valence-corrected chi connectivity index (χ1v) is 8.47. The first-order chi connectivity index (χ1) is 8.49. The van der Waals surface area contributed by atoms with Crippen molar-refractivity contribution in [3.05, 3.63) is 29.8 Å². The van der Waals surface area contributed by atoms with E-state index in [0.29, 0.717) is 22.5 Å². The van der Waals surface area contributed by atoms with Gasteiger partial charge in [-0.2, -0.15) is 0 Å². The van der Waals surface area contributed by atoms with Gasteiger partial charge in [0.1, 0.15) is 0 Å². The molecular weight excluding hydrogens is 244 g/mol. The highest BCUT2D eigenvalue weighted by molar-refractivity contribution is 7.91. The summed E-state index contributed by atoms with van der Waals surface area (Å²) in [5, 5.41) is 0. The maximum Gasteiger partial charge on any atom is 0.178 e. The van der Waals surface area contributed by atoms with Gasteiger partial charge in [0.25, 0.3) is 0 Å². The maximum atomic E-state index is 12.3. The number of rotatable bonds is 4. The highest BCUT2D eigenvalue weighted by Gasteiger charge is 2.23. The van der Waals surface area contributed by atoms with E-state index >= 15 is 0 Å². The van der Waals surface area contributed by atoms with E-state index in [1.54, 1.807) is 12.1 Å². The van der Waals surface area contributed by atoms with Crippen LogP contribution in [-0.2, 0) is 9.84 Å². The summed E-state index contributed by atoms with van der Waals surface area (Å²) in [5.74, 6) is 1.14. The molecule has 0 N–H and O–H groups in total. The van der Waals surface area contributed by atoms with Crippen LogP contribution in [0.25, 0.3) is 0 Å². The normalized spacial score (nSPS) is 17.5. The molecule has 18 heavy (non-hydrogen) atoms. The molecule has 2 nitrogen and oxygen atoms in total. The Labute approximate surface area is 110 Å². The average molecular weight is 266 g/mol. The van der Waals surface area contributed by atoms with Crippen molar-refractivity contribution in [2.75, 3.05) is 5.75 Å². The molecular formula is C15H22O2S. The maximum absolute atomic E-state index is 12.3. The quantitative estimate of drug-likeness (QED) is 0.831. The van der Waals surface area contributed by atoms with Crippen LogP contribution in [0.4, 0.5) is 0 Å². The Morgan fingerprint density at radius 1 is 1.11 bits per heavy atom.